The monoisotopic (exact) mass is 259 g/mol. The number of nitrogens with zero attached hydrogens (tertiary/aromatic N) is 1. The van der Waals surface area contributed by atoms with Crippen molar-refractivity contribution in [3.63, 3.8) is 0 Å². The summed E-state index contributed by atoms with van der Waals surface area (Å²) in [6.07, 6.45) is 8.05. The zero-order valence-corrected chi connectivity index (χ0v) is 11.5. The van der Waals surface area contributed by atoms with Gasteiger partial charge in [0.1, 0.15) is 0 Å². The molecule has 4 nitrogen and oxygen atoms in total. The van der Waals surface area contributed by atoms with E-state index >= 15 is 0 Å². The number of hydrogen-bond acceptors (Lipinski definition) is 2. The maximum atomic E-state index is 11.8. The minimum atomic E-state index is 0.133. The minimum Gasteiger partial charge on any atom is -0.344 e. The highest BCUT2D eigenvalue weighted by Crippen LogP contribution is 2.34. The fourth-order valence-electron chi connectivity index (χ4n) is 3.02. The van der Waals surface area contributed by atoms with E-state index in [1.165, 1.54) is 16.8 Å². The van der Waals surface area contributed by atoms with Crippen LogP contribution in [0.15, 0.2) is 12.3 Å². The van der Waals surface area contributed by atoms with Crippen LogP contribution in [0.3, 0.4) is 0 Å². The van der Waals surface area contributed by atoms with Crippen molar-refractivity contribution in [1.82, 2.24) is 9.88 Å². The molecule has 1 amide bonds. The van der Waals surface area contributed by atoms with Gasteiger partial charge in [-0.3, -0.25) is 4.79 Å². The first-order valence-corrected chi connectivity index (χ1v) is 7.21. The van der Waals surface area contributed by atoms with Crippen LogP contribution in [0.5, 0.6) is 0 Å². The second-order valence-electron chi connectivity index (χ2n) is 5.31. The van der Waals surface area contributed by atoms with Crippen LogP contribution in [0.25, 0.3) is 5.57 Å². The highest BCUT2D eigenvalue weighted by molar-refractivity contribution is 5.92. The summed E-state index contributed by atoms with van der Waals surface area (Å²) in [5.41, 5.74) is 5.07. The third-order valence-electron chi connectivity index (χ3n) is 3.87. The molecule has 0 bridgehead atoms. The molecule has 2 aliphatic rings. The van der Waals surface area contributed by atoms with E-state index in [4.69, 9.17) is 0 Å². The van der Waals surface area contributed by atoms with Crippen LogP contribution in [-0.4, -0.2) is 23.6 Å². The molecule has 2 N–H and O–H groups in total. The first-order valence-electron chi connectivity index (χ1n) is 7.21. The maximum Gasteiger partial charge on any atom is 0.224 e. The molecule has 102 valence electrons. The fraction of sp³-hybridized carbons (Fsp3) is 0.533. The maximum absolute atomic E-state index is 11.8. The number of carbonyl (C=O) groups is 1. The second-order valence-corrected chi connectivity index (χ2v) is 5.31. The number of amides is 1. The van der Waals surface area contributed by atoms with E-state index in [0.717, 1.165) is 44.6 Å². The summed E-state index contributed by atoms with van der Waals surface area (Å²) in [6.45, 7) is 4.94. The molecular formula is C15H21N3O. The zero-order chi connectivity index (χ0) is 13.2. The van der Waals surface area contributed by atoms with Crippen molar-refractivity contribution >= 4 is 17.2 Å². The standard InChI is InChI=1S/C15H21N3O/c1-2-4-14(19)17-13-10-18-8-7-16-9-11-5-3-6-12(13)15(11)18/h5,10,16H,2-4,6-9H2,1H3,(H,17,19). The molecule has 0 saturated carbocycles. The lowest BCUT2D eigenvalue weighted by Gasteiger charge is -2.15. The Morgan fingerprint density at radius 1 is 1.53 bits per heavy atom. The van der Waals surface area contributed by atoms with Gasteiger partial charge in [0.15, 0.2) is 0 Å². The van der Waals surface area contributed by atoms with Crippen LogP contribution >= 0.6 is 0 Å². The van der Waals surface area contributed by atoms with Gasteiger partial charge in [0, 0.05) is 37.8 Å². The molecule has 1 aromatic heterocycles. The van der Waals surface area contributed by atoms with Gasteiger partial charge >= 0.3 is 0 Å². The first-order chi connectivity index (χ1) is 9.29. The van der Waals surface area contributed by atoms with Gasteiger partial charge in [-0.25, -0.2) is 0 Å². The molecule has 0 saturated heterocycles. The topological polar surface area (TPSA) is 46.1 Å². The predicted molar refractivity (Wildman–Crippen MR) is 77.1 cm³/mol. The van der Waals surface area contributed by atoms with Gasteiger partial charge in [-0.1, -0.05) is 13.0 Å². The van der Waals surface area contributed by atoms with Gasteiger partial charge in [-0.05, 0) is 24.8 Å². The van der Waals surface area contributed by atoms with Crippen LogP contribution in [0, 0.1) is 0 Å². The Balaban J connectivity index is 1.94. The van der Waals surface area contributed by atoms with E-state index in [0.29, 0.717) is 6.42 Å². The summed E-state index contributed by atoms with van der Waals surface area (Å²) in [5.74, 6) is 0.133. The van der Waals surface area contributed by atoms with Gasteiger partial charge in [0.25, 0.3) is 0 Å². The van der Waals surface area contributed by atoms with E-state index < -0.39 is 0 Å². The van der Waals surface area contributed by atoms with Crippen LogP contribution in [-0.2, 0) is 17.8 Å². The van der Waals surface area contributed by atoms with Crippen molar-refractivity contribution in [3.8, 4) is 0 Å². The number of rotatable bonds is 3. The molecule has 1 aliphatic heterocycles. The SMILES string of the molecule is CCCC(=O)Nc1cn2c3c1CCC=C3CNCC2. The number of hydrogen-bond donors (Lipinski definition) is 2. The quantitative estimate of drug-likeness (QED) is 0.873. The molecule has 0 fully saturated rings. The van der Waals surface area contributed by atoms with E-state index in [1.807, 2.05) is 6.92 Å². The molecule has 0 unspecified atom stereocenters. The lowest BCUT2D eigenvalue weighted by Crippen LogP contribution is -2.18. The lowest BCUT2D eigenvalue weighted by molar-refractivity contribution is -0.116. The Kier molecular flexibility index (Phi) is 3.42. The molecule has 19 heavy (non-hydrogen) atoms. The number of nitrogens with one attached hydrogen (secondary N) is 2. The molecule has 3 rings (SSSR count). The highest BCUT2D eigenvalue weighted by atomic mass is 16.1. The van der Waals surface area contributed by atoms with Crippen molar-refractivity contribution in [2.75, 3.05) is 18.4 Å². The Bertz CT molecular complexity index is 528. The van der Waals surface area contributed by atoms with Crippen molar-refractivity contribution in [2.24, 2.45) is 0 Å². The molecule has 1 aliphatic carbocycles. The van der Waals surface area contributed by atoms with Crippen LogP contribution in [0.4, 0.5) is 5.69 Å². The average molecular weight is 259 g/mol. The summed E-state index contributed by atoms with van der Waals surface area (Å²) >= 11 is 0. The largest absolute Gasteiger partial charge is 0.344 e. The Labute approximate surface area is 113 Å². The van der Waals surface area contributed by atoms with Gasteiger partial charge in [-0.15, -0.1) is 0 Å². The highest BCUT2D eigenvalue weighted by Gasteiger charge is 2.23. The third kappa shape index (κ3) is 2.32. The summed E-state index contributed by atoms with van der Waals surface area (Å²) in [7, 11) is 0. The smallest absolute Gasteiger partial charge is 0.224 e. The molecule has 0 atom stereocenters. The molecular weight excluding hydrogens is 238 g/mol. The number of anilines is 1. The Hall–Kier alpha value is -1.55. The van der Waals surface area contributed by atoms with Crippen LogP contribution < -0.4 is 10.6 Å². The molecule has 0 spiro atoms. The zero-order valence-electron chi connectivity index (χ0n) is 11.5. The molecule has 0 aromatic carbocycles. The van der Waals surface area contributed by atoms with E-state index in [1.54, 1.807) is 0 Å². The van der Waals surface area contributed by atoms with Crippen molar-refractivity contribution < 1.29 is 4.79 Å². The fourth-order valence-corrected chi connectivity index (χ4v) is 3.02. The summed E-state index contributed by atoms with van der Waals surface area (Å²) in [5, 5.41) is 6.53. The van der Waals surface area contributed by atoms with Crippen LogP contribution in [0.2, 0.25) is 0 Å². The van der Waals surface area contributed by atoms with Gasteiger partial charge in [0.05, 0.1) is 11.4 Å². The number of carbonyl (C=O) groups excluding carboxylic acids is 1. The van der Waals surface area contributed by atoms with E-state index in [9.17, 15) is 4.79 Å². The molecule has 4 heteroatoms. The van der Waals surface area contributed by atoms with Gasteiger partial charge in [0.2, 0.25) is 5.91 Å². The lowest BCUT2D eigenvalue weighted by atomic mass is 9.96. The summed E-state index contributed by atoms with van der Waals surface area (Å²) in [4.78, 5) is 11.8. The summed E-state index contributed by atoms with van der Waals surface area (Å²) in [6, 6.07) is 0. The Morgan fingerprint density at radius 3 is 3.26 bits per heavy atom. The molecule has 2 heterocycles. The Morgan fingerprint density at radius 2 is 2.42 bits per heavy atom. The molecule has 1 aromatic rings. The number of aromatic nitrogens is 1. The van der Waals surface area contributed by atoms with Crippen molar-refractivity contribution in [1.29, 1.82) is 0 Å². The molecule has 0 radical (unpaired) electrons. The second kappa shape index (κ2) is 5.21. The van der Waals surface area contributed by atoms with Gasteiger partial charge in [-0.2, -0.15) is 0 Å². The summed E-state index contributed by atoms with van der Waals surface area (Å²) < 4.78 is 2.29. The van der Waals surface area contributed by atoms with Gasteiger partial charge < -0.3 is 15.2 Å². The van der Waals surface area contributed by atoms with Crippen LogP contribution in [0.1, 0.15) is 37.4 Å². The van der Waals surface area contributed by atoms with Crippen molar-refractivity contribution in [2.45, 2.75) is 39.2 Å². The van der Waals surface area contributed by atoms with Crippen molar-refractivity contribution in [3.05, 3.63) is 23.5 Å². The minimum absolute atomic E-state index is 0.133. The third-order valence-corrected chi connectivity index (χ3v) is 3.87. The van der Waals surface area contributed by atoms with E-state index in [2.05, 4.69) is 27.5 Å². The van der Waals surface area contributed by atoms with E-state index in [-0.39, 0.29) is 5.91 Å². The predicted octanol–water partition coefficient (Wildman–Crippen LogP) is 2.16. The first kappa shape index (κ1) is 12.5. The normalized spacial score (nSPS) is 17.4. The number of allylic oxidation sites excluding steroid dienone is 1. The average Bonchev–Trinajstić information content (AvgIpc) is 2.61.